The second-order valence-corrected chi connectivity index (χ2v) is 3.82. The van der Waals surface area contributed by atoms with E-state index in [-0.39, 0.29) is 13.2 Å². The number of esters is 1. The minimum atomic E-state index is -0.578. The van der Waals surface area contributed by atoms with Crippen LogP contribution in [-0.2, 0) is 14.3 Å². The molecule has 6 nitrogen and oxygen atoms in total. The van der Waals surface area contributed by atoms with Gasteiger partial charge in [0, 0.05) is 11.8 Å². The van der Waals surface area contributed by atoms with Crippen molar-refractivity contribution in [1.82, 2.24) is 0 Å². The minimum absolute atomic E-state index is 0.175. The molecule has 1 heterocycles. The summed E-state index contributed by atoms with van der Waals surface area (Å²) in [7, 11) is 1.24. The van der Waals surface area contributed by atoms with Gasteiger partial charge in [-0.15, -0.1) is 0 Å². The maximum absolute atomic E-state index is 11.6. The number of methoxy groups -OCH3 is 1. The van der Waals surface area contributed by atoms with Gasteiger partial charge in [0.2, 0.25) is 12.7 Å². The zero-order valence-electron chi connectivity index (χ0n) is 10.1. The van der Waals surface area contributed by atoms with Crippen LogP contribution < -0.4 is 14.8 Å². The lowest BCUT2D eigenvalue weighted by Crippen LogP contribution is -2.17. The number of rotatable bonds is 3. The van der Waals surface area contributed by atoms with Gasteiger partial charge in [0.05, 0.1) is 7.11 Å². The molecule has 1 N–H and O–H groups in total. The number of fused-ring (bicyclic) bond motifs is 1. The third-order valence-corrected chi connectivity index (χ3v) is 2.53. The molecule has 0 saturated carbocycles. The molecule has 0 aliphatic carbocycles. The van der Waals surface area contributed by atoms with Crippen LogP contribution in [0, 0.1) is 6.92 Å². The lowest BCUT2D eigenvalue weighted by Gasteiger charge is -2.09. The second-order valence-electron chi connectivity index (χ2n) is 3.82. The monoisotopic (exact) mass is 251 g/mol. The summed E-state index contributed by atoms with van der Waals surface area (Å²) >= 11 is 0. The van der Waals surface area contributed by atoms with Gasteiger partial charge in [-0.1, -0.05) is 0 Å². The molecule has 96 valence electrons. The van der Waals surface area contributed by atoms with Gasteiger partial charge in [0.25, 0.3) is 0 Å². The summed E-state index contributed by atoms with van der Waals surface area (Å²) < 4.78 is 14.8. The van der Waals surface area contributed by atoms with E-state index < -0.39 is 11.9 Å². The molecule has 1 aliphatic rings. The molecule has 0 bridgehead atoms. The Kier molecular flexibility index (Phi) is 3.36. The van der Waals surface area contributed by atoms with E-state index in [0.29, 0.717) is 17.2 Å². The smallest absolute Gasteiger partial charge is 0.315 e. The minimum Gasteiger partial charge on any atom is -0.469 e. The highest BCUT2D eigenvalue weighted by Gasteiger charge is 2.17. The molecule has 0 spiro atoms. The van der Waals surface area contributed by atoms with Crippen LogP contribution in [0.5, 0.6) is 11.5 Å². The van der Waals surface area contributed by atoms with Crippen LogP contribution >= 0.6 is 0 Å². The van der Waals surface area contributed by atoms with Crippen LogP contribution in [0.4, 0.5) is 5.69 Å². The summed E-state index contributed by atoms with van der Waals surface area (Å²) in [5.74, 6) is 0.224. The molecule has 1 aromatic rings. The summed E-state index contributed by atoms with van der Waals surface area (Å²) in [5.41, 5.74) is 1.42. The molecular weight excluding hydrogens is 238 g/mol. The Hall–Kier alpha value is -2.24. The Morgan fingerprint density at radius 2 is 2.00 bits per heavy atom. The van der Waals surface area contributed by atoms with Crippen molar-refractivity contribution in [2.45, 2.75) is 13.3 Å². The molecule has 0 atom stereocenters. The Bertz CT molecular complexity index is 497. The molecule has 1 aliphatic heterocycles. The maximum atomic E-state index is 11.6. The first kappa shape index (κ1) is 12.2. The third kappa shape index (κ3) is 2.53. The lowest BCUT2D eigenvalue weighted by molar-refractivity contribution is -0.142. The van der Waals surface area contributed by atoms with E-state index in [1.54, 1.807) is 12.1 Å². The number of amides is 1. The SMILES string of the molecule is COC(=O)CC(=O)Nc1cc2c(cc1C)OCO2. The number of hydrogen-bond acceptors (Lipinski definition) is 5. The first-order valence-corrected chi connectivity index (χ1v) is 5.37. The quantitative estimate of drug-likeness (QED) is 0.646. The largest absolute Gasteiger partial charge is 0.469 e. The third-order valence-electron chi connectivity index (χ3n) is 2.53. The van der Waals surface area contributed by atoms with Crippen molar-refractivity contribution in [1.29, 1.82) is 0 Å². The topological polar surface area (TPSA) is 73.9 Å². The predicted molar refractivity (Wildman–Crippen MR) is 62.6 cm³/mol. The number of carbonyl (C=O) groups is 2. The Labute approximate surface area is 104 Å². The normalized spacial score (nSPS) is 12.1. The molecule has 1 amide bonds. The van der Waals surface area contributed by atoms with Crippen LogP contribution in [0.1, 0.15) is 12.0 Å². The summed E-state index contributed by atoms with van der Waals surface area (Å²) in [6, 6.07) is 3.45. The van der Waals surface area contributed by atoms with Gasteiger partial charge >= 0.3 is 5.97 Å². The van der Waals surface area contributed by atoms with Gasteiger partial charge < -0.3 is 19.5 Å². The number of anilines is 1. The van der Waals surface area contributed by atoms with Gasteiger partial charge in [0.15, 0.2) is 11.5 Å². The van der Waals surface area contributed by atoms with E-state index in [0.717, 1.165) is 5.56 Å². The van der Waals surface area contributed by atoms with Crippen LogP contribution in [-0.4, -0.2) is 25.8 Å². The number of benzene rings is 1. The van der Waals surface area contributed by atoms with E-state index in [1.165, 1.54) is 7.11 Å². The average Bonchev–Trinajstić information content (AvgIpc) is 2.76. The summed E-state index contributed by atoms with van der Waals surface area (Å²) in [5, 5.41) is 2.63. The summed E-state index contributed by atoms with van der Waals surface area (Å²) in [6.07, 6.45) is -0.315. The van der Waals surface area contributed by atoms with E-state index in [4.69, 9.17) is 9.47 Å². The Balaban J connectivity index is 2.10. The van der Waals surface area contributed by atoms with Crippen LogP contribution in [0.15, 0.2) is 12.1 Å². The molecule has 0 saturated heterocycles. The lowest BCUT2D eigenvalue weighted by atomic mass is 10.1. The van der Waals surface area contributed by atoms with E-state index in [2.05, 4.69) is 10.1 Å². The van der Waals surface area contributed by atoms with Crippen molar-refractivity contribution >= 4 is 17.6 Å². The Morgan fingerprint density at radius 3 is 2.67 bits per heavy atom. The van der Waals surface area contributed by atoms with Crippen molar-refractivity contribution < 1.29 is 23.8 Å². The predicted octanol–water partition coefficient (Wildman–Crippen LogP) is 1.23. The highest BCUT2D eigenvalue weighted by molar-refractivity contribution is 6.02. The van der Waals surface area contributed by atoms with Crippen LogP contribution in [0.3, 0.4) is 0 Å². The van der Waals surface area contributed by atoms with Crippen LogP contribution in [0.2, 0.25) is 0 Å². The summed E-state index contributed by atoms with van der Waals surface area (Å²) in [6.45, 7) is 2.00. The van der Waals surface area contributed by atoms with Gasteiger partial charge in [-0.2, -0.15) is 0 Å². The molecule has 0 aromatic heterocycles. The summed E-state index contributed by atoms with van der Waals surface area (Å²) in [4.78, 5) is 22.5. The van der Waals surface area contributed by atoms with Crippen molar-refractivity contribution in [2.75, 3.05) is 19.2 Å². The van der Waals surface area contributed by atoms with E-state index in [1.807, 2.05) is 6.92 Å². The average molecular weight is 251 g/mol. The van der Waals surface area contributed by atoms with Crippen molar-refractivity contribution in [3.8, 4) is 11.5 Å². The molecule has 2 rings (SSSR count). The number of nitrogens with one attached hydrogen (secondary N) is 1. The standard InChI is InChI=1S/C12H13NO5/c1-7-3-9-10(18-6-17-9)4-8(7)13-11(14)5-12(15)16-2/h3-4H,5-6H2,1-2H3,(H,13,14). The molecular formula is C12H13NO5. The fourth-order valence-electron chi connectivity index (χ4n) is 1.58. The molecule has 0 radical (unpaired) electrons. The van der Waals surface area contributed by atoms with E-state index >= 15 is 0 Å². The highest BCUT2D eigenvalue weighted by atomic mass is 16.7. The molecule has 0 fully saturated rings. The molecule has 18 heavy (non-hydrogen) atoms. The molecule has 6 heteroatoms. The maximum Gasteiger partial charge on any atom is 0.315 e. The van der Waals surface area contributed by atoms with Crippen molar-refractivity contribution in [2.24, 2.45) is 0 Å². The first-order chi connectivity index (χ1) is 8.60. The fraction of sp³-hybridized carbons (Fsp3) is 0.333. The zero-order valence-corrected chi connectivity index (χ0v) is 10.1. The number of hydrogen-bond donors (Lipinski definition) is 1. The van der Waals surface area contributed by atoms with Gasteiger partial charge in [-0.25, -0.2) is 0 Å². The van der Waals surface area contributed by atoms with Gasteiger partial charge in [0.1, 0.15) is 6.42 Å². The van der Waals surface area contributed by atoms with Crippen LogP contribution in [0.25, 0.3) is 0 Å². The number of carbonyl (C=O) groups excluding carboxylic acids is 2. The van der Waals surface area contributed by atoms with Crippen molar-refractivity contribution in [3.63, 3.8) is 0 Å². The number of ether oxygens (including phenoxy) is 3. The highest BCUT2D eigenvalue weighted by Crippen LogP contribution is 2.36. The van der Waals surface area contributed by atoms with E-state index in [9.17, 15) is 9.59 Å². The second kappa shape index (κ2) is 4.95. The molecule has 0 unspecified atom stereocenters. The van der Waals surface area contributed by atoms with Gasteiger partial charge in [-0.3, -0.25) is 9.59 Å². The first-order valence-electron chi connectivity index (χ1n) is 5.37. The van der Waals surface area contributed by atoms with Crippen molar-refractivity contribution in [3.05, 3.63) is 17.7 Å². The number of aryl methyl sites for hydroxylation is 1. The zero-order chi connectivity index (χ0) is 13.1. The van der Waals surface area contributed by atoms with Gasteiger partial charge in [-0.05, 0) is 18.6 Å². The fourth-order valence-corrected chi connectivity index (χ4v) is 1.58. The molecule has 1 aromatic carbocycles. The Morgan fingerprint density at radius 1 is 1.33 bits per heavy atom.